The van der Waals surface area contributed by atoms with Gasteiger partial charge in [0.2, 0.25) is 11.8 Å². The lowest BCUT2D eigenvalue weighted by molar-refractivity contribution is -0.133. The molecule has 5 nitrogen and oxygen atoms in total. The van der Waals surface area contributed by atoms with E-state index >= 15 is 0 Å². The molecule has 5 heteroatoms. The predicted molar refractivity (Wildman–Crippen MR) is 110 cm³/mol. The van der Waals surface area contributed by atoms with Gasteiger partial charge in [-0.15, -0.1) is 0 Å². The lowest BCUT2D eigenvalue weighted by Crippen LogP contribution is -2.49. The molecule has 1 aromatic heterocycles. The van der Waals surface area contributed by atoms with Gasteiger partial charge >= 0.3 is 0 Å². The normalized spacial score (nSPS) is 29.6. The zero-order valence-corrected chi connectivity index (χ0v) is 17.2. The summed E-state index contributed by atoms with van der Waals surface area (Å²) in [7, 11) is 1.67. The number of carbonyl (C=O) groups is 1. The molecule has 28 heavy (non-hydrogen) atoms. The number of methoxy groups -OCH3 is 1. The van der Waals surface area contributed by atoms with Crippen LogP contribution < -0.4 is 10.1 Å². The van der Waals surface area contributed by atoms with Gasteiger partial charge in [-0.3, -0.25) is 9.69 Å². The van der Waals surface area contributed by atoms with Crippen molar-refractivity contribution in [1.29, 1.82) is 0 Å². The summed E-state index contributed by atoms with van der Waals surface area (Å²) >= 11 is 0. The Morgan fingerprint density at radius 2 is 2.29 bits per heavy atom. The summed E-state index contributed by atoms with van der Waals surface area (Å²) in [5.41, 5.74) is 2.26. The number of amides is 1. The van der Waals surface area contributed by atoms with Crippen molar-refractivity contribution in [2.75, 3.05) is 13.7 Å². The Morgan fingerprint density at radius 3 is 3.04 bits per heavy atom. The molecule has 1 N–H and O–H groups in total. The van der Waals surface area contributed by atoms with Crippen molar-refractivity contribution in [2.45, 2.75) is 76.9 Å². The van der Waals surface area contributed by atoms with Gasteiger partial charge in [0.15, 0.2) is 0 Å². The second-order valence-electron chi connectivity index (χ2n) is 8.60. The van der Waals surface area contributed by atoms with Gasteiger partial charge in [-0.2, -0.15) is 0 Å². The van der Waals surface area contributed by atoms with E-state index in [0.29, 0.717) is 18.0 Å². The predicted octanol–water partition coefficient (Wildman–Crippen LogP) is 3.84. The number of rotatable bonds is 7. The molecule has 3 atom stereocenters. The van der Waals surface area contributed by atoms with E-state index in [1.165, 1.54) is 24.8 Å². The highest BCUT2D eigenvalue weighted by Gasteiger charge is 2.58. The fraction of sp³-hybridized carbons (Fsp3) is 0.652. The van der Waals surface area contributed by atoms with Gasteiger partial charge in [0.1, 0.15) is 0 Å². The molecular formula is C23H33N3O2. The van der Waals surface area contributed by atoms with Crippen LogP contribution in [0.1, 0.15) is 63.9 Å². The SMILES string of the molecule is CC[C@@]1(C(=O)NCC2=CCCCC2)C[C@@H]2CC[C@H]1N2Cc1cccnc1OC. The molecule has 4 rings (SSSR count). The van der Waals surface area contributed by atoms with Crippen molar-refractivity contribution < 1.29 is 9.53 Å². The molecule has 0 unspecified atom stereocenters. The Hall–Kier alpha value is -1.88. The molecule has 0 aromatic carbocycles. The smallest absolute Gasteiger partial charge is 0.228 e. The Morgan fingerprint density at radius 1 is 1.39 bits per heavy atom. The maximum Gasteiger partial charge on any atom is 0.228 e. The summed E-state index contributed by atoms with van der Waals surface area (Å²) in [5, 5.41) is 3.31. The zero-order valence-electron chi connectivity index (χ0n) is 17.2. The first-order valence-corrected chi connectivity index (χ1v) is 10.9. The van der Waals surface area contributed by atoms with E-state index < -0.39 is 0 Å². The molecular weight excluding hydrogens is 350 g/mol. The Balaban J connectivity index is 1.48. The number of carbonyl (C=O) groups excluding carboxylic acids is 1. The minimum atomic E-state index is -0.256. The van der Waals surface area contributed by atoms with Crippen LogP contribution in [0.5, 0.6) is 5.88 Å². The minimum absolute atomic E-state index is 0.256. The summed E-state index contributed by atoms with van der Waals surface area (Å²) in [4.78, 5) is 20.2. The van der Waals surface area contributed by atoms with Crippen molar-refractivity contribution in [3.05, 3.63) is 35.5 Å². The van der Waals surface area contributed by atoms with Gasteiger partial charge in [0.05, 0.1) is 12.5 Å². The quantitative estimate of drug-likeness (QED) is 0.727. The number of hydrogen-bond acceptors (Lipinski definition) is 4. The van der Waals surface area contributed by atoms with Crippen LogP contribution in [0.2, 0.25) is 0 Å². The van der Waals surface area contributed by atoms with E-state index in [0.717, 1.165) is 50.8 Å². The minimum Gasteiger partial charge on any atom is -0.481 e. The third-order valence-electron chi connectivity index (χ3n) is 7.22. The first-order chi connectivity index (χ1) is 13.7. The second kappa shape index (κ2) is 8.24. The summed E-state index contributed by atoms with van der Waals surface area (Å²) in [5.74, 6) is 0.960. The molecule has 2 saturated heterocycles. The van der Waals surface area contributed by atoms with E-state index in [1.807, 2.05) is 6.07 Å². The van der Waals surface area contributed by atoms with Crippen molar-refractivity contribution in [3.8, 4) is 5.88 Å². The van der Waals surface area contributed by atoms with Crippen molar-refractivity contribution in [2.24, 2.45) is 5.41 Å². The van der Waals surface area contributed by atoms with E-state index in [9.17, 15) is 4.79 Å². The molecule has 1 aliphatic carbocycles. The standard InChI is InChI=1S/C23H33N3O2/c1-3-23(22(27)25-15-17-8-5-4-6-9-17)14-19-11-12-20(23)26(19)16-18-10-7-13-24-21(18)28-2/h7-8,10,13,19-20H,3-6,9,11-12,14-16H2,1-2H3,(H,25,27)/t19-,20+,23+/m0/s1. The van der Waals surface area contributed by atoms with Gasteiger partial charge in [-0.1, -0.05) is 24.6 Å². The number of aromatic nitrogens is 1. The van der Waals surface area contributed by atoms with Crippen molar-refractivity contribution in [1.82, 2.24) is 15.2 Å². The number of nitrogens with one attached hydrogen (secondary N) is 1. The van der Waals surface area contributed by atoms with Crippen molar-refractivity contribution >= 4 is 5.91 Å². The van der Waals surface area contributed by atoms with Gasteiger partial charge in [-0.25, -0.2) is 4.98 Å². The third kappa shape index (κ3) is 3.45. The average molecular weight is 384 g/mol. The number of hydrogen-bond donors (Lipinski definition) is 1. The van der Waals surface area contributed by atoms with Crippen LogP contribution in [0, 0.1) is 5.41 Å². The highest BCUT2D eigenvalue weighted by Crippen LogP contribution is 2.52. The van der Waals surface area contributed by atoms with Gasteiger partial charge in [0, 0.05) is 36.9 Å². The molecule has 1 aromatic rings. The molecule has 3 heterocycles. The van der Waals surface area contributed by atoms with Crippen LogP contribution in [0.15, 0.2) is 30.0 Å². The lowest BCUT2D eigenvalue weighted by atomic mass is 9.71. The Bertz CT molecular complexity index is 747. The number of allylic oxidation sites excluding steroid dienone is 1. The maximum absolute atomic E-state index is 13.3. The molecule has 3 aliphatic rings. The molecule has 2 bridgehead atoms. The summed E-state index contributed by atoms with van der Waals surface area (Å²) in [6.45, 7) is 3.73. The first kappa shape index (κ1) is 19.4. The largest absolute Gasteiger partial charge is 0.481 e. The number of pyridine rings is 1. The molecule has 2 aliphatic heterocycles. The fourth-order valence-corrected chi connectivity index (χ4v) is 5.69. The molecule has 0 saturated carbocycles. The van der Waals surface area contributed by atoms with Crippen LogP contribution in [0.3, 0.4) is 0 Å². The van der Waals surface area contributed by atoms with Crippen LogP contribution in [-0.4, -0.2) is 41.5 Å². The van der Waals surface area contributed by atoms with Crippen LogP contribution in [0.25, 0.3) is 0 Å². The molecule has 152 valence electrons. The Kier molecular flexibility index (Phi) is 5.72. The second-order valence-corrected chi connectivity index (χ2v) is 8.60. The fourth-order valence-electron chi connectivity index (χ4n) is 5.69. The van der Waals surface area contributed by atoms with E-state index in [2.05, 4.69) is 34.3 Å². The van der Waals surface area contributed by atoms with E-state index in [4.69, 9.17) is 4.74 Å². The van der Waals surface area contributed by atoms with Gasteiger partial charge < -0.3 is 10.1 Å². The maximum atomic E-state index is 13.3. The highest BCUT2D eigenvalue weighted by atomic mass is 16.5. The number of fused-ring (bicyclic) bond motifs is 2. The van der Waals surface area contributed by atoms with E-state index in [-0.39, 0.29) is 11.3 Å². The number of ether oxygens (including phenoxy) is 1. The van der Waals surface area contributed by atoms with Crippen LogP contribution >= 0.6 is 0 Å². The Labute approximate surface area is 168 Å². The molecule has 0 radical (unpaired) electrons. The summed E-state index contributed by atoms with van der Waals surface area (Å²) in [6.07, 6.45) is 13.1. The molecule has 0 spiro atoms. The highest BCUT2D eigenvalue weighted by molar-refractivity contribution is 5.84. The van der Waals surface area contributed by atoms with E-state index in [1.54, 1.807) is 13.3 Å². The molecule has 2 fully saturated rings. The third-order valence-corrected chi connectivity index (χ3v) is 7.22. The first-order valence-electron chi connectivity index (χ1n) is 10.9. The lowest BCUT2D eigenvalue weighted by Gasteiger charge is -2.36. The van der Waals surface area contributed by atoms with Crippen molar-refractivity contribution in [3.63, 3.8) is 0 Å². The van der Waals surface area contributed by atoms with Crippen LogP contribution in [0.4, 0.5) is 0 Å². The number of nitrogens with zero attached hydrogens (tertiary/aromatic N) is 2. The van der Waals surface area contributed by atoms with Crippen LogP contribution in [-0.2, 0) is 11.3 Å². The monoisotopic (exact) mass is 383 g/mol. The zero-order chi connectivity index (χ0) is 19.6. The summed E-state index contributed by atoms with van der Waals surface area (Å²) < 4.78 is 5.45. The summed E-state index contributed by atoms with van der Waals surface area (Å²) in [6, 6.07) is 4.85. The van der Waals surface area contributed by atoms with Gasteiger partial charge in [0.25, 0.3) is 0 Å². The topological polar surface area (TPSA) is 54.5 Å². The molecule has 1 amide bonds. The average Bonchev–Trinajstić information content (AvgIpc) is 3.28. The van der Waals surface area contributed by atoms with Gasteiger partial charge in [-0.05, 0) is 57.4 Å².